The third-order valence-electron chi connectivity index (χ3n) is 2.03. The molecular weight excluding hydrogens is 240 g/mol. The molecule has 0 unspecified atom stereocenters. The first-order chi connectivity index (χ1) is 8.69. The normalized spacial score (nSPS) is 10.1. The molecule has 7 heteroatoms. The minimum Gasteiger partial charge on any atom is -0.434 e. The van der Waals surface area contributed by atoms with Gasteiger partial charge in [-0.15, -0.1) is 0 Å². The molecule has 18 heavy (non-hydrogen) atoms. The topological polar surface area (TPSA) is 94.4 Å². The lowest BCUT2D eigenvalue weighted by molar-refractivity contribution is 0.104. The van der Waals surface area contributed by atoms with E-state index in [0.717, 1.165) is 0 Å². The molecule has 0 atom stereocenters. The third-order valence-corrected chi connectivity index (χ3v) is 2.03. The summed E-state index contributed by atoms with van der Waals surface area (Å²) in [4.78, 5) is 24.2. The van der Waals surface area contributed by atoms with Crippen molar-refractivity contribution in [3.05, 3.63) is 34.8 Å². The molecule has 1 aromatic carbocycles. The van der Waals surface area contributed by atoms with E-state index in [9.17, 15) is 9.59 Å². The van der Waals surface area contributed by atoms with E-state index in [2.05, 4.69) is 19.4 Å². The van der Waals surface area contributed by atoms with Crippen molar-refractivity contribution in [3.8, 4) is 17.1 Å². The number of carbonyl (C=O) groups excluding carboxylic acids is 1. The Hall–Kier alpha value is -2.57. The molecule has 0 aliphatic heterocycles. The maximum absolute atomic E-state index is 11.1. The Morgan fingerprint density at radius 2 is 2.11 bits per heavy atom. The van der Waals surface area contributed by atoms with Gasteiger partial charge in [0.15, 0.2) is 5.82 Å². The number of hydrogen-bond donors (Lipinski definition) is 1. The number of hydrogen-bond acceptors (Lipinski definition) is 6. The van der Waals surface area contributed by atoms with Crippen LogP contribution in [0.3, 0.4) is 0 Å². The van der Waals surface area contributed by atoms with Crippen LogP contribution in [0.2, 0.25) is 0 Å². The molecular formula is C11H10N2O5. The second-order valence-electron chi connectivity index (χ2n) is 3.25. The summed E-state index contributed by atoms with van der Waals surface area (Å²) in [6.07, 6.45) is -0.764. The van der Waals surface area contributed by atoms with Gasteiger partial charge in [0.05, 0.1) is 6.61 Å². The highest BCUT2D eigenvalue weighted by molar-refractivity contribution is 5.64. The predicted octanol–water partition coefficient (Wildman–Crippen LogP) is 1.57. The van der Waals surface area contributed by atoms with Crippen molar-refractivity contribution >= 4 is 6.16 Å². The van der Waals surface area contributed by atoms with Crippen LogP contribution >= 0.6 is 0 Å². The molecule has 0 amide bonds. The van der Waals surface area contributed by atoms with Crippen LogP contribution in [-0.4, -0.2) is 22.9 Å². The van der Waals surface area contributed by atoms with Crippen molar-refractivity contribution in [2.24, 2.45) is 0 Å². The lowest BCUT2D eigenvalue weighted by atomic mass is 10.2. The summed E-state index contributed by atoms with van der Waals surface area (Å²) in [5, 5.41) is 3.53. The van der Waals surface area contributed by atoms with Crippen molar-refractivity contribution in [2.75, 3.05) is 6.61 Å². The third kappa shape index (κ3) is 2.76. The summed E-state index contributed by atoms with van der Waals surface area (Å²) in [6.45, 7) is 1.93. The van der Waals surface area contributed by atoms with Crippen LogP contribution in [0, 0.1) is 0 Å². The molecule has 2 rings (SSSR count). The number of aromatic amines is 1. The van der Waals surface area contributed by atoms with Gasteiger partial charge in [-0.3, -0.25) is 9.51 Å². The molecule has 0 bridgehead atoms. The first-order valence-corrected chi connectivity index (χ1v) is 5.20. The zero-order valence-corrected chi connectivity index (χ0v) is 9.50. The number of H-pyrrole nitrogens is 1. The fraction of sp³-hybridized carbons (Fsp3) is 0.182. The fourth-order valence-electron chi connectivity index (χ4n) is 1.28. The van der Waals surface area contributed by atoms with Crippen molar-refractivity contribution in [2.45, 2.75) is 6.92 Å². The standard InChI is InChI=1S/C11H10N2O5/c1-2-16-11(15)17-8-5-3-7(4-6-8)9-12-10(14)18-13-9/h3-6H,2H2,1H3,(H,12,13,14). The van der Waals surface area contributed by atoms with E-state index in [1.165, 1.54) is 0 Å². The first-order valence-electron chi connectivity index (χ1n) is 5.20. The van der Waals surface area contributed by atoms with E-state index in [-0.39, 0.29) is 6.61 Å². The van der Waals surface area contributed by atoms with Gasteiger partial charge in [0.1, 0.15) is 5.75 Å². The number of nitrogens with zero attached hydrogens (tertiary/aromatic N) is 1. The maximum Gasteiger partial charge on any atom is 0.513 e. The summed E-state index contributed by atoms with van der Waals surface area (Å²) >= 11 is 0. The van der Waals surface area contributed by atoms with Gasteiger partial charge in [0, 0.05) is 5.56 Å². The molecule has 1 aromatic heterocycles. The van der Waals surface area contributed by atoms with Crippen molar-refractivity contribution < 1.29 is 18.8 Å². The zero-order chi connectivity index (χ0) is 13.0. The highest BCUT2D eigenvalue weighted by Gasteiger charge is 2.07. The molecule has 0 saturated heterocycles. The van der Waals surface area contributed by atoms with Crippen LogP contribution in [0.4, 0.5) is 4.79 Å². The summed E-state index contributed by atoms with van der Waals surface area (Å²) in [7, 11) is 0. The van der Waals surface area contributed by atoms with Gasteiger partial charge in [-0.1, -0.05) is 5.16 Å². The van der Waals surface area contributed by atoms with E-state index >= 15 is 0 Å². The van der Waals surface area contributed by atoms with Crippen molar-refractivity contribution in [1.29, 1.82) is 0 Å². The first kappa shape index (κ1) is 11.9. The summed E-state index contributed by atoms with van der Waals surface area (Å²) in [5.74, 6) is 0.0163. The summed E-state index contributed by atoms with van der Waals surface area (Å²) in [6, 6.07) is 6.36. The van der Waals surface area contributed by atoms with Gasteiger partial charge < -0.3 is 9.47 Å². The van der Waals surface area contributed by atoms with Gasteiger partial charge in [-0.25, -0.2) is 9.59 Å². The van der Waals surface area contributed by atoms with E-state index in [1.807, 2.05) is 0 Å². The summed E-state index contributed by atoms with van der Waals surface area (Å²) in [5.41, 5.74) is 0.636. The molecule has 0 fully saturated rings. The van der Waals surface area contributed by atoms with Crippen LogP contribution in [0.25, 0.3) is 11.4 Å². The van der Waals surface area contributed by atoms with Crippen LogP contribution in [0.5, 0.6) is 5.75 Å². The predicted molar refractivity (Wildman–Crippen MR) is 60.2 cm³/mol. The molecule has 0 saturated carbocycles. The molecule has 0 spiro atoms. The minimum atomic E-state index is -0.764. The van der Waals surface area contributed by atoms with Crippen LogP contribution < -0.4 is 10.5 Å². The van der Waals surface area contributed by atoms with Crippen molar-refractivity contribution in [1.82, 2.24) is 10.1 Å². The lowest BCUT2D eigenvalue weighted by Gasteiger charge is -2.03. The number of nitrogens with one attached hydrogen (secondary N) is 1. The molecule has 0 aliphatic rings. The molecule has 0 aliphatic carbocycles. The average molecular weight is 250 g/mol. The second-order valence-corrected chi connectivity index (χ2v) is 3.25. The Kier molecular flexibility index (Phi) is 3.42. The molecule has 1 N–H and O–H groups in total. The van der Waals surface area contributed by atoms with Crippen LogP contribution in [0.15, 0.2) is 33.6 Å². The zero-order valence-electron chi connectivity index (χ0n) is 9.50. The van der Waals surface area contributed by atoms with Crippen LogP contribution in [0.1, 0.15) is 6.92 Å². The monoisotopic (exact) mass is 250 g/mol. The Labute approximate surface area is 101 Å². The Balaban J connectivity index is 2.10. The molecule has 7 nitrogen and oxygen atoms in total. The number of rotatable bonds is 3. The minimum absolute atomic E-state index is 0.247. The van der Waals surface area contributed by atoms with Gasteiger partial charge >= 0.3 is 11.9 Å². The second kappa shape index (κ2) is 5.17. The Bertz CT molecular complexity index is 584. The maximum atomic E-state index is 11.1. The van der Waals surface area contributed by atoms with Gasteiger partial charge in [-0.05, 0) is 31.2 Å². The SMILES string of the molecule is CCOC(=O)Oc1ccc(-c2noc(=O)[nH]2)cc1. The number of carbonyl (C=O) groups is 1. The highest BCUT2D eigenvalue weighted by Crippen LogP contribution is 2.18. The fourth-order valence-corrected chi connectivity index (χ4v) is 1.28. The molecule has 2 aromatic rings. The smallest absolute Gasteiger partial charge is 0.434 e. The van der Waals surface area contributed by atoms with Crippen molar-refractivity contribution in [3.63, 3.8) is 0 Å². The van der Waals surface area contributed by atoms with Crippen LogP contribution in [-0.2, 0) is 4.74 Å². The quantitative estimate of drug-likeness (QED) is 0.656. The van der Waals surface area contributed by atoms with E-state index in [0.29, 0.717) is 17.1 Å². The molecule has 94 valence electrons. The largest absolute Gasteiger partial charge is 0.513 e. The van der Waals surface area contributed by atoms with E-state index in [4.69, 9.17) is 4.74 Å². The Morgan fingerprint density at radius 1 is 1.39 bits per heavy atom. The van der Waals surface area contributed by atoms with Gasteiger partial charge in [-0.2, -0.15) is 0 Å². The van der Waals surface area contributed by atoms with E-state index < -0.39 is 11.9 Å². The highest BCUT2D eigenvalue weighted by atomic mass is 16.7. The van der Waals surface area contributed by atoms with Gasteiger partial charge in [0.2, 0.25) is 0 Å². The number of benzene rings is 1. The molecule has 1 heterocycles. The average Bonchev–Trinajstić information content (AvgIpc) is 2.77. The Morgan fingerprint density at radius 3 is 2.67 bits per heavy atom. The van der Waals surface area contributed by atoms with E-state index in [1.54, 1.807) is 31.2 Å². The van der Waals surface area contributed by atoms with Gasteiger partial charge in [0.25, 0.3) is 0 Å². The number of aromatic nitrogens is 2. The lowest BCUT2D eigenvalue weighted by Crippen LogP contribution is -2.09. The summed E-state index contributed by atoms with van der Waals surface area (Å²) < 4.78 is 13.9. The molecule has 0 radical (unpaired) electrons. The number of ether oxygens (including phenoxy) is 2.